The third-order valence-electron chi connectivity index (χ3n) is 1.92. The summed E-state index contributed by atoms with van der Waals surface area (Å²) in [7, 11) is 1.42. The maximum atomic E-state index is 11.6. The first-order valence-corrected chi connectivity index (χ1v) is 4.37. The van der Waals surface area contributed by atoms with Gasteiger partial charge in [0.15, 0.2) is 5.69 Å². The predicted molar refractivity (Wildman–Crippen MR) is 54.6 cm³/mol. The minimum atomic E-state index is -0.312. The summed E-state index contributed by atoms with van der Waals surface area (Å²) in [6, 6.07) is 9.24. The van der Waals surface area contributed by atoms with Gasteiger partial charge in [-0.05, 0) is 0 Å². The van der Waals surface area contributed by atoms with Crippen LogP contribution in [0.2, 0.25) is 0 Å². The monoisotopic (exact) mass is 203 g/mol. The molecule has 0 aliphatic carbocycles. The second kappa shape index (κ2) is 3.91. The molecule has 0 aliphatic heterocycles. The number of aromatic amines is 1. The first-order chi connectivity index (χ1) is 7.31. The fraction of sp³-hybridized carbons (Fsp3) is 0.100. The number of hydrogen-bond donors (Lipinski definition) is 1. The van der Waals surface area contributed by atoms with Crippen molar-refractivity contribution in [2.24, 2.45) is 0 Å². The van der Waals surface area contributed by atoms with Crippen LogP contribution < -0.4 is 10.3 Å². The minimum absolute atomic E-state index is 0.111. The summed E-state index contributed by atoms with van der Waals surface area (Å²) in [5.74, 6) is 0. The molecule has 1 aromatic heterocycles. The second-order valence-corrected chi connectivity index (χ2v) is 2.88. The summed E-state index contributed by atoms with van der Waals surface area (Å²) in [5, 5.41) is 7.51. The van der Waals surface area contributed by atoms with Crippen LogP contribution in [0.3, 0.4) is 0 Å². The molecule has 1 N–H and O–H groups in total. The van der Waals surface area contributed by atoms with E-state index in [0.29, 0.717) is 0 Å². The number of rotatable bonds is 2. The van der Waals surface area contributed by atoms with E-state index in [-0.39, 0.29) is 17.3 Å². The maximum Gasteiger partial charge on any atom is 0.315 e. The van der Waals surface area contributed by atoms with Crippen molar-refractivity contribution in [3.8, 4) is 17.3 Å². The van der Waals surface area contributed by atoms with Crippen LogP contribution in [0.5, 0.6) is 6.01 Å². The number of hydrogen-bond acceptors (Lipinski definition) is 4. The van der Waals surface area contributed by atoms with E-state index in [2.05, 4.69) is 15.2 Å². The summed E-state index contributed by atoms with van der Waals surface area (Å²) >= 11 is 0. The van der Waals surface area contributed by atoms with E-state index in [9.17, 15) is 4.79 Å². The van der Waals surface area contributed by atoms with Crippen molar-refractivity contribution in [2.45, 2.75) is 0 Å². The molecule has 2 aromatic rings. The lowest BCUT2D eigenvalue weighted by atomic mass is 10.2. The highest BCUT2D eigenvalue weighted by Gasteiger charge is 2.06. The molecule has 0 unspecified atom stereocenters. The van der Waals surface area contributed by atoms with Gasteiger partial charge >= 0.3 is 6.01 Å². The van der Waals surface area contributed by atoms with Crippen LogP contribution in [-0.4, -0.2) is 22.3 Å². The van der Waals surface area contributed by atoms with E-state index in [1.54, 1.807) is 12.1 Å². The van der Waals surface area contributed by atoms with Gasteiger partial charge in [-0.1, -0.05) is 35.4 Å². The maximum absolute atomic E-state index is 11.6. The Morgan fingerprint density at radius 3 is 2.53 bits per heavy atom. The Morgan fingerprint density at radius 2 is 1.93 bits per heavy atom. The van der Waals surface area contributed by atoms with Crippen molar-refractivity contribution < 1.29 is 4.74 Å². The molecule has 0 spiro atoms. The zero-order valence-electron chi connectivity index (χ0n) is 8.10. The van der Waals surface area contributed by atoms with E-state index in [1.807, 2.05) is 18.2 Å². The summed E-state index contributed by atoms with van der Waals surface area (Å²) in [6.45, 7) is 0. The Labute approximate surface area is 85.8 Å². The van der Waals surface area contributed by atoms with Crippen molar-refractivity contribution in [3.05, 3.63) is 40.7 Å². The number of methoxy groups -OCH3 is 1. The van der Waals surface area contributed by atoms with Crippen molar-refractivity contribution in [2.75, 3.05) is 7.11 Å². The second-order valence-electron chi connectivity index (χ2n) is 2.88. The van der Waals surface area contributed by atoms with Gasteiger partial charge in [-0.3, -0.25) is 9.78 Å². The molecule has 0 saturated carbocycles. The van der Waals surface area contributed by atoms with Crippen molar-refractivity contribution in [3.63, 3.8) is 0 Å². The Morgan fingerprint density at radius 1 is 1.20 bits per heavy atom. The van der Waals surface area contributed by atoms with Crippen molar-refractivity contribution >= 4 is 0 Å². The Bertz CT molecular complexity index is 508. The molecular weight excluding hydrogens is 194 g/mol. The van der Waals surface area contributed by atoms with Gasteiger partial charge in [0.25, 0.3) is 5.56 Å². The van der Waals surface area contributed by atoms with E-state index in [0.717, 1.165) is 5.56 Å². The number of ether oxygens (including phenoxy) is 1. The molecule has 5 heteroatoms. The molecule has 2 rings (SSSR count). The van der Waals surface area contributed by atoms with Crippen molar-refractivity contribution in [1.29, 1.82) is 0 Å². The standard InChI is InChI=1S/C10H9N3O2/c1-15-10-11-9(14)8(12-13-10)7-5-3-2-4-6-7/h2-6H,1H3,(H,11,13,14). The summed E-state index contributed by atoms with van der Waals surface area (Å²) in [6.07, 6.45) is 0. The highest BCUT2D eigenvalue weighted by Crippen LogP contribution is 2.10. The van der Waals surface area contributed by atoms with Crippen LogP contribution in [0, 0.1) is 0 Å². The Hall–Kier alpha value is -2.17. The average Bonchev–Trinajstić information content (AvgIpc) is 2.30. The quantitative estimate of drug-likeness (QED) is 0.785. The van der Waals surface area contributed by atoms with Gasteiger partial charge in [-0.25, -0.2) is 0 Å². The topological polar surface area (TPSA) is 67.9 Å². The van der Waals surface area contributed by atoms with Crippen LogP contribution >= 0.6 is 0 Å². The molecule has 1 heterocycles. The summed E-state index contributed by atoms with van der Waals surface area (Å²) in [5.41, 5.74) is 0.707. The van der Waals surface area contributed by atoms with Gasteiger partial charge in [-0.2, -0.15) is 0 Å². The molecule has 0 atom stereocenters. The van der Waals surface area contributed by atoms with Crippen LogP contribution in [0.4, 0.5) is 0 Å². The SMILES string of the molecule is COc1nnc(-c2ccccc2)c(=O)[nH]1. The summed E-state index contributed by atoms with van der Waals surface area (Å²) in [4.78, 5) is 14.0. The van der Waals surface area contributed by atoms with E-state index < -0.39 is 0 Å². The predicted octanol–water partition coefficient (Wildman–Crippen LogP) is 0.840. The normalized spacial score (nSPS) is 9.93. The lowest BCUT2D eigenvalue weighted by molar-refractivity contribution is 0.372. The molecule has 15 heavy (non-hydrogen) atoms. The fourth-order valence-electron chi connectivity index (χ4n) is 1.20. The Balaban J connectivity index is 2.51. The van der Waals surface area contributed by atoms with Crippen LogP contribution in [-0.2, 0) is 0 Å². The molecule has 0 amide bonds. The Kier molecular flexibility index (Phi) is 2.45. The van der Waals surface area contributed by atoms with Gasteiger partial charge in [0.05, 0.1) is 7.11 Å². The first kappa shape index (κ1) is 9.39. The molecule has 76 valence electrons. The van der Waals surface area contributed by atoms with Crippen molar-refractivity contribution in [1.82, 2.24) is 15.2 Å². The van der Waals surface area contributed by atoms with Crippen LogP contribution in [0.15, 0.2) is 35.1 Å². The molecule has 5 nitrogen and oxygen atoms in total. The van der Waals surface area contributed by atoms with E-state index in [1.165, 1.54) is 7.11 Å². The molecule has 0 aliphatic rings. The minimum Gasteiger partial charge on any atom is -0.467 e. The fourth-order valence-corrected chi connectivity index (χ4v) is 1.20. The highest BCUT2D eigenvalue weighted by atomic mass is 16.5. The number of benzene rings is 1. The molecule has 0 bridgehead atoms. The third kappa shape index (κ3) is 1.85. The number of nitrogens with zero attached hydrogens (tertiary/aromatic N) is 2. The lowest BCUT2D eigenvalue weighted by Gasteiger charge is -1.99. The zero-order chi connectivity index (χ0) is 10.7. The van der Waals surface area contributed by atoms with Crippen LogP contribution in [0.25, 0.3) is 11.3 Å². The number of nitrogens with one attached hydrogen (secondary N) is 1. The van der Waals surface area contributed by atoms with Gasteiger partial charge in [-0.15, -0.1) is 5.10 Å². The van der Waals surface area contributed by atoms with Gasteiger partial charge in [0, 0.05) is 5.56 Å². The van der Waals surface area contributed by atoms with Crippen LogP contribution in [0.1, 0.15) is 0 Å². The zero-order valence-corrected chi connectivity index (χ0v) is 8.10. The average molecular weight is 203 g/mol. The van der Waals surface area contributed by atoms with E-state index in [4.69, 9.17) is 4.74 Å². The smallest absolute Gasteiger partial charge is 0.315 e. The lowest BCUT2D eigenvalue weighted by Crippen LogP contribution is -2.14. The van der Waals surface area contributed by atoms with Gasteiger partial charge in [0.1, 0.15) is 0 Å². The van der Waals surface area contributed by atoms with E-state index >= 15 is 0 Å². The molecule has 1 aromatic carbocycles. The molecular formula is C10H9N3O2. The summed E-state index contributed by atoms with van der Waals surface area (Å²) < 4.78 is 4.76. The van der Waals surface area contributed by atoms with Gasteiger partial charge in [0.2, 0.25) is 0 Å². The number of aromatic nitrogens is 3. The molecule has 0 fully saturated rings. The largest absolute Gasteiger partial charge is 0.467 e. The highest BCUT2D eigenvalue weighted by molar-refractivity contribution is 5.56. The number of H-pyrrole nitrogens is 1. The van der Waals surface area contributed by atoms with Gasteiger partial charge < -0.3 is 4.74 Å². The first-order valence-electron chi connectivity index (χ1n) is 4.37. The molecule has 0 radical (unpaired) electrons. The third-order valence-corrected chi connectivity index (χ3v) is 1.92. The molecule has 0 saturated heterocycles.